The van der Waals surface area contributed by atoms with E-state index >= 15 is 0 Å². The molecule has 0 saturated carbocycles. The van der Waals surface area contributed by atoms with Gasteiger partial charge in [-0.3, -0.25) is 14.9 Å². The van der Waals surface area contributed by atoms with Crippen LogP contribution >= 0.6 is 11.6 Å². The predicted octanol–water partition coefficient (Wildman–Crippen LogP) is 3.67. The molecular weight excluding hydrogens is 406 g/mol. The van der Waals surface area contributed by atoms with Gasteiger partial charge in [0.1, 0.15) is 0 Å². The molecule has 0 unspecified atom stereocenters. The molecule has 1 aliphatic heterocycles. The fourth-order valence-corrected chi connectivity index (χ4v) is 3.59. The van der Waals surface area contributed by atoms with E-state index in [-0.39, 0.29) is 11.6 Å². The Hall–Kier alpha value is -3.52. The lowest BCUT2D eigenvalue weighted by Gasteiger charge is -2.35. The maximum Gasteiger partial charge on any atom is 0.269 e. The number of hydrogen-bond acceptors (Lipinski definition) is 6. The van der Waals surface area contributed by atoms with Crippen LogP contribution in [0.25, 0.3) is 11.3 Å². The van der Waals surface area contributed by atoms with Gasteiger partial charge < -0.3 is 9.80 Å². The lowest BCUT2D eigenvalue weighted by Crippen LogP contribution is -2.49. The summed E-state index contributed by atoms with van der Waals surface area (Å²) in [5.74, 6) is 0.609. The van der Waals surface area contributed by atoms with E-state index < -0.39 is 4.92 Å². The van der Waals surface area contributed by atoms with Crippen LogP contribution in [0.15, 0.2) is 60.7 Å². The van der Waals surface area contributed by atoms with Crippen molar-refractivity contribution in [2.45, 2.75) is 0 Å². The highest BCUT2D eigenvalue weighted by atomic mass is 35.5. The van der Waals surface area contributed by atoms with Crippen LogP contribution in [-0.2, 0) is 0 Å². The standard InChI is InChI=1S/C21H18ClN5O3/c22-18-4-2-1-3-17(18)19-9-10-20(24-23-19)25-11-13-26(14-12-25)21(28)15-5-7-16(8-6-15)27(29)30/h1-10H,11-14H2. The number of anilines is 1. The first kappa shape index (κ1) is 19.8. The molecule has 0 aliphatic carbocycles. The van der Waals surface area contributed by atoms with Gasteiger partial charge in [0.05, 0.1) is 15.6 Å². The minimum absolute atomic E-state index is 0.0322. The molecule has 152 valence electrons. The summed E-state index contributed by atoms with van der Waals surface area (Å²) in [6.07, 6.45) is 0. The zero-order chi connectivity index (χ0) is 21.1. The molecule has 2 heterocycles. The van der Waals surface area contributed by atoms with Crippen molar-refractivity contribution in [2.75, 3.05) is 31.1 Å². The molecule has 1 aliphatic rings. The van der Waals surface area contributed by atoms with E-state index in [1.54, 1.807) is 4.90 Å². The summed E-state index contributed by atoms with van der Waals surface area (Å²) in [6, 6.07) is 16.9. The van der Waals surface area contributed by atoms with Crippen LogP contribution in [0, 0.1) is 10.1 Å². The minimum Gasteiger partial charge on any atom is -0.352 e. The summed E-state index contributed by atoms with van der Waals surface area (Å²) >= 11 is 6.22. The van der Waals surface area contributed by atoms with Gasteiger partial charge in [-0.2, -0.15) is 0 Å². The predicted molar refractivity (Wildman–Crippen MR) is 114 cm³/mol. The molecule has 30 heavy (non-hydrogen) atoms. The number of nitrogens with zero attached hydrogens (tertiary/aromatic N) is 5. The largest absolute Gasteiger partial charge is 0.352 e. The molecule has 4 rings (SSSR count). The van der Waals surface area contributed by atoms with Crippen LogP contribution in [0.1, 0.15) is 10.4 Å². The van der Waals surface area contributed by atoms with E-state index in [0.29, 0.717) is 42.5 Å². The Labute approximate surface area is 177 Å². The Bertz CT molecular complexity index is 1060. The van der Waals surface area contributed by atoms with Crippen LogP contribution < -0.4 is 4.90 Å². The van der Waals surface area contributed by atoms with E-state index in [1.165, 1.54) is 24.3 Å². The van der Waals surface area contributed by atoms with Gasteiger partial charge >= 0.3 is 0 Å². The Morgan fingerprint density at radius 2 is 1.63 bits per heavy atom. The normalized spacial score (nSPS) is 13.9. The smallest absolute Gasteiger partial charge is 0.269 e. The number of carbonyl (C=O) groups excluding carboxylic acids is 1. The average molecular weight is 424 g/mol. The molecule has 1 amide bonds. The van der Waals surface area contributed by atoms with Gasteiger partial charge in [-0.25, -0.2) is 0 Å². The lowest BCUT2D eigenvalue weighted by molar-refractivity contribution is -0.384. The van der Waals surface area contributed by atoms with Gasteiger partial charge in [0.2, 0.25) is 0 Å². The van der Waals surface area contributed by atoms with Crippen molar-refractivity contribution in [2.24, 2.45) is 0 Å². The number of amides is 1. The maximum absolute atomic E-state index is 12.7. The van der Waals surface area contributed by atoms with Crippen molar-refractivity contribution in [3.8, 4) is 11.3 Å². The molecule has 1 saturated heterocycles. The van der Waals surface area contributed by atoms with Crippen molar-refractivity contribution < 1.29 is 9.72 Å². The van der Waals surface area contributed by atoms with E-state index in [9.17, 15) is 14.9 Å². The van der Waals surface area contributed by atoms with Gasteiger partial charge in [-0.05, 0) is 30.3 Å². The van der Waals surface area contributed by atoms with E-state index in [2.05, 4.69) is 15.1 Å². The third-order valence-corrected chi connectivity index (χ3v) is 5.35. The summed E-state index contributed by atoms with van der Waals surface area (Å²) in [4.78, 5) is 26.7. The second-order valence-corrected chi connectivity index (χ2v) is 7.25. The third kappa shape index (κ3) is 4.08. The minimum atomic E-state index is -0.481. The van der Waals surface area contributed by atoms with Gasteiger partial charge in [-0.1, -0.05) is 29.8 Å². The van der Waals surface area contributed by atoms with Gasteiger partial charge in [0.25, 0.3) is 11.6 Å². The van der Waals surface area contributed by atoms with Gasteiger partial charge in [-0.15, -0.1) is 10.2 Å². The highest BCUT2D eigenvalue weighted by Crippen LogP contribution is 2.26. The molecule has 1 fully saturated rings. The van der Waals surface area contributed by atoms with E-state index in [0.717, 1.165) is 11.4 Å². The molecular formula is C21H18ClN5O3. The molecule has 3 aromatic rings. The fraction of sp³-hybridized carbons (Fsp3) is 0.190. The number of halogens is 1. The molecule has 0 bridgehead atoms. The van der Waals surface area contributed by atoms with Crippen molar-refractivity contribution in [3.63, 3.8) is 0 Å². The molecule has 0 N–H and O–H groups in total. The molecule has 1 aromatic heterocycles. The number of hydrogen-bond donors (Lipinski definition) is 0. The molecule has 9 heteroatoms. The number of nitro benzene ring substituents is 1. The number of non-ortho nitro benzene ring substituents is 1. The lowest BCUT2D eigenvalue weighted by atomic mass is 10.1. The molecule has 0 radical (unpaired) electrons. The van der Waals surface area contributed by atoms with Crippen LogP contribution in [0.3, 0.4) is 0 Å². The number of rotatable bonds is 4. The first-order valence-electron chi connectivity index (χ1n) is 9.40. The van der Waals surface area contributed by atoms with Crippen molar-refractivity contribution in [1.82, 2.24) is 15.1 Å². The highest BCUT2D eigenvalue weighted by Gasteiger charge is 2.23. The number of carbonyl (C=O) groups is 1. The Kier molecular flexibility index (Phi) is 5.58. The third-order valence-electron chi connectivity index (χ3n) is 5.02. The summed E-state index contributed by atoms with van der Waals surface area (Å²) in [6.45, 7) is 2.31. The number of piperazine rings is 1. The molecule has 0 atom stereocenters. The van der Waals surface area contributed by atoms with Crippen molar-refractivity contribution >= 4 is 29.0 Å². The zero-order valence-corrected chi connectivity index (χ0v) is 16.7. The van der Waals surface area contributed by atoms with Gasteiger partial charge in [0.15, 0.2) is 5.82 Å². The summed E-state index contributed by atoms with van der Waals surface area (Å²) in [5.41, 5.74) is 1.95. The quantitative estimate of drug-likeness (QED) is 0.469. The SMILES string of the molecule is O=C(c1ccc([N+](=O)[O-])cc1)N1CCN(c2ccc(-c3ccccc3Cl)nn2)CC1. The fourth-order valence-electron chi connectivity index (χ4n) is 3.35. The average Bonchev–Trinajstić information content (AvgIpc) is 2.79. The number of nitro groups is 1. The first-order chi connectivity index (χ1) is 14.5. The second kappa shape index (κ2) is 8.46. The summed E-state index contributed by atoms with van der Waals surface area (Å²) in [7, 11) is 0. The Balaban J connectivity index is 1.39. The van der Waals surface area contributed by atoms with Crippen molar-refractivity contribution in [1.29, 1.82) is 0 Å². The molecule has 2 aromatic carbocycles. The molecule has 8 nitrogen and oxygen atoms in total. The van der Waals surface area contributed by atoms with Crippen LogP contribution in [-0.4, -0.2) is 52.1 Å². The Morgan fingerprint density at radius 3 is 2.23 bits per heavy atom. The van der Waals surface area contributed by atoms with E-state index in [4.69, 9.17) is 11.6 Å². The van der Waals surface area contributed by atoms with Crippen LogP contribution in [0.5, 0.6) is 0 Å². The summed E-state index contributed by atoms with van der Waals surface area (Å²) in [5, 5.41) is 20.0. The maximum atomic E-state index is 12.7. The van der Waals surface area contributed by atoms with Crippen LogP contribution in [0.4, 0.5) is 11.5 Å². The molecule has 0 spiro atoms. The number of benzene rings is 2. The van der Waals surface area contributed by atoms with E-state index in [1.807, 2.05) is 36.4 Å². The van der Waals surface area contributed by atoms with Crippen molar-refractivity contribution in [3.05, 3.63) is 81.4 Å². The zero-order valence-electron chi connectivity index (χ0n) is 15.9. The highest BCUT2D eigenvalue weighted by molar-refractivity contribution is 6.33. The first-order valence-corrected chi connectivity index (χ1v) is 9.78. The number of aromatic nitrogens is 2. The summed E-state index contributed by atoms with van der Waals surface area (Å²) < 4.78 is 0. The Morgan fingerprint density at radius 1 is 0.933 bits per heavy atom. The second-order valence-electron chi connectivity index (χ2n) is 6.84. The van der Waals surface area contributed by atoms with Crippen LogP contribution in [0.2, 0.25) is 5.02 Å². The van der Waals surface area contributed by atoms with Gasteiger partial charge in [0, 0.05) is 49.4 Å². The topological polar surface area (TPSA) is 92.5 Å². The monoisotopic (exact) mass is 423 g/mol.